The number of nitrogens with one attached hydrogen (secondary N) is 2. The topological polar surface area (TPSA) is 84.5 Å². The summed E-state index contributed by atoms with van der Waals surface area (Å²) in [5.74, 6) is -1.95. The van der Waals surface area contributed by atoms with Crippen molar-refractivity contribution in [2.24, 2.45) is 0 Å². The van der Waals surface area contributed by atoms with Gasteiger partial charge in [-0.25, -0.2) is 4.39 Å². The number of aryl methyl sites for hydroxylation is 1. The minimum Gasteiger partial charge on any atom is -0.455 e. The molecule has 0 fully saturated rings. The van der Waals surface area contributed by atoms with Gasteiger partial charge in [0.15, 0.2) is 6.61 Å². The van der Waals surface area contributed by atoms with Gasteiger partial charge >= 0.3 is 5.97 Å². The van der Waals surface area contributed by atoms with Gasteiger partial charge < -0.3 is 4.74 Å². The lowest BCUT2D eigenvalue weighted by Gasteiger charge is -2.06. The van der Waals surface area contributed by atoms with E-state index >= 15 is 0 Å². The second kappa shape index (κ2) is 7.88. The highest BCUT2D eigenvalue weighted by Crippen LogP contribution is 2.05. The van der Waals surface area contributed by atoms with E-state index in [9.17, 15) is 18.8 Å². The van der Waals surface area contributed by atoms with Crippen LogP contribution in [-0.4, -0.2) is 24.4 Å². The summed E-state index contributed by atoms with van der Waals surface area (Å²) in [7, 11) is 0. The van der Waals surface area contributed by atoms with E-state index in [0.29, 0.717) is 6.42 Å². The number of hydrogen-bond donors (Lipinski definition) is 2. The zero-order valence-corrected chi connectivity index (χ0v) is 10.9. The molecule has 0 bridgehead atoms. The van der Waals surface area contributed by atoms with Gasteiger partial charge in [0, 0.05) is 13.3 Å². The molecule has 1 aromatic carbocycles. The molecule has 2 amide bonds. The van der Waals surface area contributed by atoms with E-state index in [4.69, 9.17) is 4.74 Å². The fourth-order valence-corrected chi connectivity index (χ4v) is 1.31. The number of amides is 2. The van der Waals surface area contributed by atoms with E-state index in [1.165, 1.54) is 19.1 Å². The molecule has 20 heavy (non-hydrogen) atoms. The van der Waals surface area contributed by atoms with E-state index in [1.54, 1.807) is 12.1 Å². The van der Waals surface area contributed by atoms with Crippen LogP contribution >= 0.6 is 0 Å². The molecule has 0 heterocycles. The molecule has 0 aliphatic heterocycles. The summed E-state index contributed by atoms with van der Waals surface area (Å²) < 4.78 is 17.4. The average Bonchev–Trinajstić information content (AvgIpc) is 2.42. The number of esters is 1. The third kappa shape index (κ3) is 6.48. The average molecular weight is 282 g/mol. The van der Waals surface area contributed by atoms with Crippen LogP contribution in [0.3, 0.4) is 0 Å². The van der Waals surface area contributed by atoms with E-state index in [1.807, 2.05) is 0 Å². The molecule has 0 spiro atoms. The quantitative estimate of drug-likeness (QED) is 0.607. The number of rotatable bonds is 5. The van der Waals surface area contributed by atoms with Crippen LogP contribution in [0, 0.1) is 5.82 Å². The summed E-state index contributed by atoms with van der Waals surface area (Å²) in [5.41, 5.74) is 4.92. The SMILES string of the molecule is CC(=O)NNC(=O)COC(=O)CCc1ccc(F)cc1. The summed E-state index contributed by atoms with van der Waals surface area (Å²) >= 11 is 0. The first-order valence-corrected chi connectivity index (χ1v) is 5.93. The first kappa shape index (κ1) is 15.6. The van der Waals surface area contributed by atoms with Crippen LogP contribution in [0.2, 0.25) is 0 Å². The largest absolute Gasteiger partial charge is 0.455 e. The Morgan fingerprint density at radius 3 is 2.40 bits per heavy atom. The number of benzene rings is 1. The third-order valence-electron chi connectivity index (χ3n) is 2.27. The van der Waals surface area contributed by atoms with Crippen molar-refractivity contribution in [1.29, 1.82) is 0 Å². The second-order valence-corrected chi connectivity index (χ2v) is 4.02. The Hall–Kier alpha value is -2.44. The summed E-state index contributed by atoms with van der Waals surface area (Å²) in [6.07, 6.45) is 0.478. The van der Waals surface area contributed by atoms with Crippen molar-refractivity contribution < 1.29 is 23.5 Å². The first-order valence-electron chi connectivity index (χ1n) is 5.93. The fourth-order valence-electron chi connectivity index (χ4n) is 1.31. The number of hydrogen-bond acceptors (Lipinski definition) is 4. The van der Waals surface area contributed by atoms with Crippen molar-refractivity contribution in [3.05, 3.63) is 35.6 Å². The lowest BCUT2D eigenvalue weighted by atomic mass is 10.1. The minimum absolute atomic E-state index is 0.0824. The molecule has 0 atom stereocenters. The fraction of sp³-hybridized carbons (Fsp3) is 0.308. The van der Waals surface area contributed by atoms with E-state index in [-0.39, 0.29) is 12.2 Å². The summed E-state index contributed by atoms with van der Waals surface area (Å²) in [6.45, 7) is 0.761. The van der Waals surface area contributed by atoms with Crippen LogP contribution in [0.1, 0.15) is 18.9 Å². The van der Waals surface area contributed by atoms with Crippen molar-refractivity contribution in [3.63, 3.8) is 0 Å². The zero-order chi connectivity index (χ0) is 15.0. The Kier molecular flexibility index (Phi) is 6.15. The standard InChI is InChI=1S/C13H15FN2O4/c1-9(17)15-16-12(18)8-20-13(19)7-4-10-2-5-11(14)6-3-10/h2-3,5-6H,4,7-8H2,1H3,(H,15,17)(H,16,18). The van der Waals surface area contributed by atoms with Crippen molar-refractivity contribution in [1.82, 2.24) is 10.9 Å². The van der Waals surface area contributed by atoms with Crippen LogP contribution in [-0.2, 0) is 25.5 Å². The number of hydrazine groups is 1. The first-order chi connectivity index (χ1) is 9.47. The smallest absolute Gasteiger partial charge is 0.306 e. The second-order valence-electron chi connectivity index (χ2n) is 4.02. The van der Waals surface area contributed by atoms with Crippen molar-refractivity contribution in [2.75, 3.05) is 6.61 Å². The molecule has 0 saturated carbocycles. The van der Waals surface area contributed by atoms with Gasteiger partial charge in [0.05, 0.1) is 0 Å². The van der Waals surface area contributed by atoms with Gasteiger partial charge in [-0.1, -0.05) is 12.1 Å². The Bertz CT molecular complexity index is 488. The highest BCUT2D eigenvalue weighted by Gasteiger charge is 2.08. The normalized spacial score (nSPS) is 9.70. The summed E-state index contributed by atoms with van der Waals surface area (Å²) in [6, 6.07) is 5.77. The van der Waals surface area contributed by atoms with Crippen molar-refractivity contribution in [2.45, 2.75) is 19.8 Å². The summed E-state index contributed by atoms with van der Waals surface area (Å²) in [5, 5.41) is 0. The molecule has 1 aromatic rings. The number of carbonyl (C=O) groups excluding carboxylic acids is 3. The number of ether oxygens (including phenoxy) is 1. The van der Waals surface area contributed by atoms with Crippen LogP contribution in [0.25, 0.3) is 0 Å². The Labute approximate surface area is 115 Å². The lowest BCUT2D eigenvalue weighted by molar-refractivity contribution is -0.148. The van der Waals surface area contributed by atoms with Crippen LogP contribution in [0.15, 0.2) is 24.3 Å². The molecule has 0 radical (unpaired) electrons. The van der Waals surface area contributed by atoms with Gasteiger partial charge in [0.1, 0.15) is 5.82 Å². The maximum Gasteiger partial charge on any atom is 0.306 e. The molecule has 0 aromatic heterocycles. The van der Waals surface area contributed by atoms with Gasteiger partial charge in [0.2, 0.25) is 5.91 Å². The Morgan fingerprint density at radius 2 is 1.80 bits per heavy atom. The maximum absolute atomic E-state index is 12.7. The zero-order valence-electron chi connectivity index (χ0n) is 10.9. The number of carbonyl (C=O) groups is 3. The maximum atomic E-state index is 12.7. The molecule has 0 saturated heterocycles. The molecule has 0 aliphatic carbocycles. The molecule has 0 aliphatic rings. The van der Waals surface area contributed by atoms with Crippen LogP contribution in [0.5, 0.6) is 0 Å². The van der Waals surface area contributed by atoms with Gasteiger partial charge in [0.25, 0.3) is 5.91 Å². The molecule has 0 unspecified atom stereocenters. The van der Waals surface area contributed by atoms with Crippen molar-refractivity contribution >= 4 is 17.8 Å². The predicted octanol–water partition coefficient (Wildman–Crippen LogP) is 0.469. The molecule has 1 rings (SSSR count). The van der Waals surface area contributed by atoms with Crippen molar-refractivity contribution in [3.8, 4) is 0 Å². The monoisotopic (exact) mass is 282 g/mol. The van der Waals surface area contributed by atoms with Crippen LogP contribution < -0.4 is 10.9 Å². The lowest BCUT2D eigenvalue weighted by Crippen LogP contribution is -2.42. The Morgan fingerprint density at radius 1 is 1.15 bits per heavy atom. The molecule has 2 N–H and O–H groups in total. The van der Waals surface area contributed by atoms with Gasteiger partial charge in [-0.2, -0.15) is 0 Å². The summed E-state index contributed by atoms with van der Waals surface area (Å²) in [4.78, 5) is 33.0. The highest BCUT2D eigenvalue weighted by atomic mass is 19.1. The van der Waals surface area contributed by atoms with E-state index in [2.05, 4.69) is 10.9 Å². The van der Waals surface area contributed by atoms with Crippen LogP contribution in [0.4, 0.5) is 4.39 Å². The molecular formula is C13H15FN2O4. The Balaban J connectivity index is 2.21. The van der Waals surface area contributed by atoms with E-state index < -0.39 is 24.4 Å². The molecule has 7 heteroatoms. The predicted molar refractivity (Wildman–Crippen MR) is 67.6 cm³/mol. The van der Waals surface area contributed by atoms with Gasteiger partial charge in [-0.15, -0.1) is 0 Å². The molecule has 108 valence electrons. The molecule has 6 nitrogen and oxygen atoms in total. The van der Waals surface area contributed by atoms with Gasteiger partial charge in [-0.3, -0.25) is 25.2 Å². The molecular weight excluding hydrogens is 267 g/mol. The number of halogens is 1. The third-order valence-corrected chi connectivity index (χ3v) is 2.27. The van der Waals surface area contributed by atoms with E-state index in [0.717, 1.165) is 5.56 Å². The minimum atomic E-state index is -0.629. The highest BCUT2D eigenvalue weighted by molar-refractivity contribution is 5.83. The van der Waals surface area contributed by atoms with Gasteiger partial charge in [-0.05, 0) is 24.1 Å².